The van der Waals surface area contributed by atoms with E-state index in [1.807, 2.05) is 0 Å². The van der Waals surface area contributed by atoms with E-state index in [0.717, 1.165) is 30.7 Å². The van der Waals surface area contributed by atoms with Crippen molar-refractivity contribution < 1.29 is 9.22 Å². The van der Waals surface area contributed by atoms with E-state index in [-0.39, 0.29) is 0 Å². The lowest BCUT2D eigenvalue weighted by Crippen LogP contribution is -2.43. The Hall–Kier alpha value is -0.0800. The van der Waals surface area contributed by atoms with Gasteiger partial charge in [-0.15, -0.1) is 0 Å². The molecule has 0 rings (SSSR count). The van der Waals surface area contributed by atoms with Crippen LogP contribution in [-0.2, 0) is 4.74 Å². The van der Waals surface area contributed by atoms with Crippen LogP contribution in [0.3, 0.4) is 0 Å². The van der Waals surface area contributed by atoms with Gasteiger partial charge in [0.2, 0.25) is 0 Å². The zero-order valence-electron chi connectivity index (χ0n) is 9.81. The summed E-state index contributed by atoms with van der Waals surface area (Å²) in [6.45, 7) is 8.62. The van der Waals surface area contributed by atoms with E-state index >= 15 is 0 Å². The molecule has 0 aromatic rings. The highest BCUT2D eigenvalue weighted by Crippen LogP contribution is 2.01. The first-order valence-corrected chi connectivity index (χ1v) is 5.52. The first kappa shape index (κ1) is 12.9. The van der Waals surface area contributed by atoms with Crippen molar-refractivity contribution >= 4 is 0 Å². The summed E-state index contributed by atoms with van der Waals surface area (Å²) in [6, 6.07) is 0. The predicted molar refractivity (Wildman–Crippen MR) is 57.9 cm³/mol. The number of hydrogen-bond acceptors (Lipinski definition) is 1. The van der Waals surface area contributed by atoms with Gasteiger partial charge in [0.25, 0.3) is 0 Å². The highest BCUT2D eigenvalue weighted by Gasteiger charge is 2.12. The summed E-state index contributed by atoms with van der Waals surface area (Å²) in [6.07, 6.45) is 3.74. The van der Waals surface area contributed by atoms with E-state index in [1.165, 1.54) is 19.4 Å². The van der Waals surface area contributed by atoms with E-state index in [0.29, 0.717) is 0 Å². The van der Waals surface area contributed by atoms with Gasteiger partial charge in [-0.1, -0.05) is 20.3 Å². The molecule has 0 aromatic heterocycles. The third kappa shape index (κ3) is 8.26. The van der Waals surface area contributed by atoms with Gasteiger partial charge in [-0.25, -0.2) is 0 Å². The van der Waals surface area contributed by atoms with Crippen LogP contribution in [0, 0.1) is 0 Å². The van der Waals surface area contributed by atoms with Crippen molar-refractivity contribution in [2.45, 2.75) is 33.1 Å². The molecule has 0 unspecified atom stereocenters. The van der Waals surface area contributed by atoms with Crippen LogP contribution < -0.4 is 0 Å². The van der Waals surface area contributed by atoms with Crippen LogP contribution >= 0.6 is 0 Å². The van der Waals surface area contributed by atoms with E-state index in [4.69, 9.17) is 4.74 Å². The van der Waals surface area contributed by atoms with Crippen LogP contribution in [0.4, 0.5) is 0 Å². The molecule has 2 heteroatoms. The van der Waals surface area contributed by atoms with Gasteiger partial charge in [0.15, 0.2) is 0 Å². The minimum absolute atomic E-state index is 0.907. The Labute approximate surface area is 83.5 Å². The average molecular weight is 188 g/mol. The Morgan fingerprint density at radius 3 is 2.15 bits per heavy atom. The number of rotatable bonds is 8. The molecule has 0 fully saturated rings. The highest BCUT2D eigenvalue weighted by atomic mass is 16.5. The molecule has 2 nitrogen and oxygen atoms in total. The molecule has 13 heavy (non-hydrogen) atoms. The molecule has 0 saturated carbocycles. The number of likely N-dealkylation sites (N-methyl/N-ethyl adjacent to an activating group) is 1. The number of hydrogen-bond donors (Lipinski definition) is 0. The Balaban J connectivity index is 3.39. The zero-order valence-corrected chi connectivity index (χ0v) is 9.81. The van der Waals surface area contributed by atoms with Crippen molar-refractivity contribution in [3.05, 3.63) is 0 Å². The van der Waals surface area contributed by atoms with Crippen LogP contribution in [-0.4, -0.2) is 44.9 Å². The normalized spacial score (nSPS) is 12.0. The van der Waals surface area contributed by atoms with Crippen LogP contribution in [0.25, 0.3) is 0 Å². The Bertz CT molecular complexity index is 113. The first-order chi connectivity index (χ1) is 6.12. The highest BCUT2D eigenvalue weighted by molar-refractivity contribution is 4.37. The standard InChI is InChI=1S/C11H26NO/c1-5-7-8-12(3,4)9-11-13-10-6-2/h5-11H2,1-4H3/q+1. The third-order valence-corrected chi connectivity index (χ3v) is 2.31. The fourth-order valence-electron chi connectivity index (χ4n) is 1.26. The van der Waals surface area contributed by atoms with E-state index in [2.05, 4.69) is 27.9 Å². The van der Waals surface area contributed by atoms with Gasteiger partial charge in [0.1, 0.15) is 6.54 Å². The second kappa shape index (κ2) is 7.34. The second-order valence-corrected chi connectivity index (χ2v) is 4.35. The van der Waals surface area contributed by atoms with Gasteiger partial charge >= 0.3 is 0 Å². The fraction of sp³-hybridized carbons (Fsp3) is 1.00. The topological polar surface area (TPSA) is 9.23 Å². The van der Waals surface area contributed by atoms with Gasteiger partial charge in [0, 0.05) is 6.61 Å². The molecule has 0 aromatic carbocycles. The second-order valence-electron chi connectivity index (χ2n) is 4.35. The quantitative estimate of drug-likeness (QED) is 0.419. The molecule has 0 heterocycles. The minimum Gasteiger partial charge on any atom is -0.376 e. The monoisotopic (exact) mass is 188 g/mol. The van der Waals surface area contributed by atoms with Crippen molar-refractivity contribution in [2.75, 3.05) is 40.4 Å². The summed E-state index contributed by atoms with van der Waals surface area (Å²) in [5.74, 6) is 0. The van der Waals surface area contributed by atoms with Gasteiger partial charge in [-0.2, -0.15) is 0 Å². The van der Waals surface area contributed by atoms with Crippen LogP contribution in [0.15, 0.2) is 0 Å². The van der Waals surface area contributed by atoms with E-state index in [9.17, 15) is 0 Å². The molecule has 0 aliphatic heterocycles. The van der Waals surface area contributed by atoms with Gasteiger partial charge in [-0.3, -0.25) is 0 Å². The minimum atomic E-state index is 0.907. The molecule has 0 spiro atoms. The summed E-state index contributed by atoms with van der Waals surface area (Å²) in [7, 11) is 4.57. The largest absolute Gasteiger partial charge is 0.376 e. The maximum absolute atomic E-state index is 5.48. The average Bonchev–Trinajstić information content (AvgIpc) is 2.09. The summed E-state index contributed by atoms with van der Waals surface area (Å²) >= 11 is 0. The molecule has 0 saturated heterocycles. The van der Waals surface area contributed by atoms with E-state index in [1.54, 1.807) is 0 Å². The van der Waals surface area contributed by atoms with E-state index < -0.39 is 0 Å². The summed E-state index contributed by atoms with van der Waals surface area (Å²) in [5.41, 5.74) is 0. The summed E-state index contributed by atoms with van der Waals surface area (Å²) in [5, 5.41) is 0. The van der Waals surface area contributed by atoms with Crippen molar-refractivity contribution in [2.24, 2.45) is 0 Å². The Morgan fingerprint density at radius 1 is 0.923 bits per heavy atom. The van der Waals surface area contributed by atoms with Crippen molar-refractivity contribution in [1.82, 2.24) is 0 Å². The lowest BCUT2D eigenvalue weighted by atomic mass is 10.3. The predicted octanol–water partition coefficient (Wildman–Crippen LogP) is 2.29. The lowest BCUT2D eigenvalue weighted by Gasteiger charge is -2.29. The molecule has 0 aliphatic carbocycles. The first-order valence-electron chi connectivity index (χ1n) is 5.52. The zero-order chi connectivity index (χ0) is 10.2. The SMILES string of the molecule is CCCC[N+](C)(C)CCOCCC. The van der Waals surface area contributed by atoms with Gasteiger partial charge < -0.3 is 9.22 Å². The molecule has 0 bridgehead atoms. The smallest absolute Gasteiger partial charge is 0.102 e. The molecule has 80 valence electrons. The number of nitrogens with zero attached hydrogens (tertiary/aromatic N) is 1. The molecular formula is C11H26NO+. The van der Waals surface area contributed by atoms with Crippen LogP contribution in [0.1, 0.15) is 33.1 Å². The Morgan fingerprint density at radius 2 is 1.62 bits per heavy atom. The van der Waals surface area contributed by atoms with Gasteiger partial charge in [-0.05, 0) is 12.8 Å². The molecule has 0 amide bonds. The number of quaternary nitrogens is 1. The van der Waals surface area contributed by atoms with Crippen LogP contribution in [0.2, 0.25) is 0 Å². The van der Waals surface area contributed by atoms with Crippen molar-refractivity contribution in [3.8, 4) is 0 Å². The number of ether oxygens (including phenoxy) is 1. The lowest BCUT2D eigenvalue weighted by molar-refractivity contribution is -0.890. The third-order valence-electron chi connectivity index (χ3n) is 2.31. The fourth-order valence-corrected chi connectivity index (χ4v) is 1.26. The Kier molecular flexibility index (Phi) is 7.29. The summed E-state index contributed by atoms with van der Waals surface area (Å²) in [4.78, 5) is 0. The van der Waals surface area contributed by atoms with Gasteiger partial charge in [0.05, 0.1) is 27.2 Å². The van der Waals surface area contributed by atoms with Crippen molar-refractivity contribution in [3.63, 3.8) is 0 Å². The number of unbranched alkanes of at least 4 members (excludes halogenated alkanes) is 1. The summed E-state index contributed by atoms with van der Waals surface area (Å²) < 4.78 is 6.58. The molecule has 0 atom stereocenters. The van der Waals surface area contributed by atoms with Crippen LogP contribution in [0.5, 0.6) is 0 Å². The van der Waals surface area contributed by atoms with Crippen molar-refractivity contribution in [1.29, 1.82) is 0 Å². The maximum atomic E-state index is 5.48. The molecule has 0 N–H and O–H groups in total. The molecule has 0 aliphatic rings. The molecule has 0 radical (unpaired) electrons. The molecular weight excluding hydrogens is 162 g/mol. The maximum Gasteiger partial charge on any atom is 0.102 e.